The van der Waals surface area contributed by atoms with Crippen LogP contribution in [-0.2, 0) is 11.3 Å². The summed E-state index contributed by atoms with van der Waals surface area (Å²) in [5, 5.41) is 7.32. The molecule has 0 bridgehead atoms. The molecule has 2 aromatic carbocycles. The highest BCUT2D eigenvalue weighted by Crippen LogP contribution is 2.24. The minimum Gasteiger partial charge on any atom is -0.332 e. The normalized spacial score (nSPS) is 10.7. The van der Waals surface area contributed by atoms with Gasteiger partial charge in [0.25, 0.3) is 11.4 Å². The van der Waals surface area contributed by atoms with Gasteiger partial charge in [0.05, 0.1) is 0 Å². The van der Waals surface area contributed by atoms with E-state index < -0.39 is 0 Å². The number of nitrogens with zero attached hydrogens (tertiary/aromatic N) is 3. The van der Waals surface area contributed by atoms with E-state index in [9.17, 15) is 9.59 Å². The molecule has 0 atom stereocenters. The van der Waals surface area contributed by atoms with Crippen LogP contribution in [0.15, 0.2) is 76.0 Å². The second-order valence-electron chi connectivity index (χ2n) is 6.59. The third-order valence-corrected chi connectivity index (χ3v) is 4.98. The Morgan fingerprint density at radius 1 is 1.07 bits per heavy atom. The molecule has 30 heavy (non-hydrogen) atoms. The Kier molecular flexibility index (Phi) is 5.45. The summed E-state index contributed by atoms with van der Waals surface area (Å²) in [7, 11) is 0. The van der Waals surface area contributed by atoms with Crippen molar-refractivity contribution in [1.29, 1.82) is 0 Å². The smallest absolute Gasteiger partial charge is 0.274 e. The van der Waals surface area contributed by atoms with Gasteiger partial charge in [-0.25, -0.2) is 0 Å². The second kappa shape index (κ2) is 8.34. The van der Waals surface area contributed by atoms with Crippen LogP contribution in [0.3, 0.4) is 0 Å². The number of rotatable bonds is 5. The van der Waals surface area contributed by atoms with Crippen LogP contribution in [0.1, 0.15) is 5.56 Å². The molecule has 2 aromatic heterocycles. The predicted molar refractivity (Wildman–Crippen MR) is 114 cm³/mol. The van der Waals surface area contributed by atoms with Gasteiger partial charge >= 0.3 is 0 Å². The summed E-state index contributed by atoms with van der Waals surface area (Å²) in [4.78, 5) is 29.5. The second-order valence-corrected chi connectivity index (χ2v) is 6.99. The average Bonchev–Trinajstić information content (AvgIpc) is 3.24. The summed E-state index contributed by atoms with van der Waals surface area (Å²) in [5.74, 6) is 0.170. The zero-order chi connectivity index (χ0) is 21.1. The number of carbonyl (C=O) groups excluding carboxylic acids is 1. The lowest BCUT2D eigenvalue weighted by molar-refractivity contribution is -0.116. The average molecular weight is 421 g/mol. The van der Waals surface area contributed by atoms with Crippen LogP contribution in [0.5, 0.6) is 0 Å². The van der Waals surface area contributed by atoms with E-state index in [1.807, 2.05) is 37.3 Å². The van der Waals surface area contributed by atoms with Gasteiger partial charge in [0.15, 0.2) is 0 Å². The molecule has 0 fully saturated rings. The summed E-state index contributed by atoms with van der Waals surface area (Å²) in [6.45, 7) is 1.59. The summed E-state index contributed by atoms with van der Waals surface area (Å²) in [5.41, 5.74) is 2.12. The number of anilines is 1. The van der Waals surface area contributed by atoms with Gasteiger partial charge in [0.2, 0.25) is 11.7 Å². The van der Waals surface area contributed by atoms with Crippen molar-refractivity contribution in [3.8, 4) is 23.0 Å². The molecule has 150 valence electrons. The van der Waals surface area contributed by atoms with E-state index in [1.165, 1.54) is 10.6 Å². The molecule has 0 aliphatic heterocycles. The first kappa shape index (κ1) is 19.6. The Labute approximate surface area is 176 Å². The molecule has 0 saturated carbocycles. The van der Waals surface area contributed by atoms with Gasteiger partial charge in [-0.05, 0) is 30.7 Å². The Morgan fingerprint density at radius 2 is 1.83 bits per heavy atom. The third kappa shape index (κ3) is 4.01. The van der Waals surface area contributed by atoms with Crippen LogP contribution in [-0.4, -0.2) is 20.6 Å². The van der Waals surface area contributed by atoms with Crippen LogP contribution < -0.4 is 10.9 Å². The van der Waals surface area contributed by atoms with Crippen molar-refractivity contribution >= 4 is 23.2 Å². The van der Waals surface area contributed by atoms with E-state index in [1.54, 1.807) is 30.3 Å². The summed E-state index contributed by atoms with van der Waals surface area (Å²) in [6, 6.07) is 19.2. The number of aromatic nitrogens is 3. The Morgan fingerprint density at radius 3 is 2.63 bits per heavy atom. The van der Waals surface area contributed by atoms with Crippen molar-refractivity contribution in [2.45, 2.75) is 13.5 Å². The number of amides is 1. The van der Waals surface area contributed by atoms with Crippen molar-refractivity contribution < 1.29 is 9.32 Å². The lowest BCUT2D eigenvalue weighted by Gasteiger charge is -2.12. The van der Waals surface area contributed by atoms with E-state index in [-0.39, 0.29) is 23.9 Å². The van der Waals surface area contributed by atoms with Crippen LogP contribution >= 0.6 is 11.6 Å². The number of benzene rings is 2. The Balaban J connectivity index is 1.63. The maximum absolute atomic E-state index is 12.6. The van der Waals surface area contributed by atoms with Crippen molar-refractivity contribution in [3.05, 3.63) is 87.7 Å². The lowest BCUT2D eigenvalue weighted by Crippen LogP contribution is -2.28. The number of pyridine rings is 1. The zero-order valence-electron chi connectivity index (χ0n) is 16.0. The van der Waals surface area contributed by atoms with Gasteiger partial charge in [0.1, 0.15) is 12.2 Å². The molecule has 8 heteroatoms. The fourth-order valence-corrected chi connectivity index (χ4v) is 3.15. The molecule has 0 aliphatic rings. The molecule has 2 heterocycles. The zero-order valence-corrected chi connectivity index (χ0v) is 16.8. The number of halogens is 1. The molecule has 0 aliphatic carbocycles. The van der Waals surface area contributed by atoms with Crippen molar-refractivity contribution in [2.24, 2.45) is 0 Å². The molecule has 1 N–H and O–H groups in total. The molecular formula is C22H17ClN4O3. The Bertz CT molecular complexity index is 1260. The van der Waals surface area contributed by atoms with Gasteiger partial charge in [-0.15, -0.1) is 0 Å². The van der Waals surface area contributed by atoms with E-state index in [0.717, 1.165) is 11.1 Å². The summed E-state index contributed by atoms with van der Waals surface area (Å²) in [6.07, 6.45) is 0. The third-order valence-electron chi connectivity index (χ3n) is 4.57. The molecule has 4 rings (SSSR count). The van der Waals surface area contributed by atoms with E-state index in [2.05, 4.69) is 15.5 Å². The maximum Gasteiger partial charge on any atom is 0.274 e. The van der Waals surface area contributed by atoms with Crippen LogP contribution in [0.2, 0.25) is 5.02 Å². The molecule has 0 unspecified atom stereocenters. The quantitative estimate of drug-likeness (QED) is 0.523. The fraction of sp³-hybridized carbons (Fsp3) is 0.0909. The monoisotopic (exact) mass is 420 g/mol. The number of carbonyl (C=O) groups is 1. The fourth-order valence-electron chi connectivity index (χ4n) is 2.98. The topological polar surface area (TPSA) is 90.0 Å². The first-order valence-electron chi connectivity index (χ1n) is 9.17. The first-order valence-corrected chi connectivity index (χ1v) is 9.55. The molecule has 7 nitrogen and oxygen atoms in total. The van der Waals surface area contributed by atoms with Gasteiger partial charge in [-0.1, -0.05) is 59.2 Å². The van der Waals surface area contributed by atoms with Gasteiger partial charge in [-0.3, -0.25) is 14.2 Å². The molecule has 1 amide bonds. The minimum absolute atomic E-state index is 0.151. The predicted octanol–water partition coefficient (Wildman–Crippen LogP) is 4.17. The van der Waals surface area contributed by atoms with E-state index in [4.69, 9.17) is 16.1 Å². The molecular weight excluding hydrogens is 404 g/mol. The molecule has 0 radical (unpaired) electrons. The number of hydrogen-bond donors (Lipinski definition) is 1. The number of hydrogen-bond acceptors (Lipinski definition) is 5. The van der Waals surface area contributed by atoms with Crippen LogP contribution in [0, 0.1) is 6.92 Å². The van der Waals surface area contributed by atoms with E-state index in [0.29, 0.717) is 22.2 Å². The SMILES string of the molecule is Cc1c(Cl)cccc1NC(=O)Cn1c(-c2nc(-c3ccccc3)no2)cccc1=O. The van der Waals surface area contributed by atoms with Crippen molar-refractivity contribution in [3.63, 3.8) is 0 Å². The first-order chi connectivity index (χ1) is 14.5. The van der Waals surface area contributed by atoms with E-state index >= 15 is 0 Å². The van der Waals surface area contributed by atoms with Gasteiger partial charge < -0.3 is 9.84 Å². The molecule has 0 saturated heterocycles. The van der Waals surface area contributed by atoms with Crippen LogP contribution in [0.4, 0.5) is 5.69 Å². The van der Waals surface area contributed by atoms with Crippen molar-refractivity contribution in [1.82, 2.24) is 14.7 Å². The lowest BCUT2D eigenvalue weighted by atomic mass is 10.2. The minimum atomic E-state index is -0.377. The highest BCUT2D eigenvalue weighted by Gasteiger charge is 2.17. The number of nitrogens with one attached hydrogen (secondary N) is 1. The molecule has 0 spiro atoms. The van der Waals surface area contributed by atoms with Gasteiger partial charge in [-0.2, -0.15) is 4.98 Å². The highest BCUT2D eigenvalue weighted by atomic mass is 35.5. The summed E-state index contributed by atoms with van der Waals surface area (Å²) >= 11 is 6.11. The largest absolute Gasteiger partial charge is 0.332 e. The highest BCUT2D eigenvalue weighted by molar-refractivity contribution is 6.31. The Hall–Kier alpha value is -3.71. The molecule has 4 aromatic rings. The standard InChI is InChI=1S/C22H17ClN4O3/c1-14-16(23)9-5-10-17(14)24-19(28)13-27-18(11-6-12-20(27)29)22-25-21(26-30-22)15-7-3-2-4-8-15/h2-12H,13H2,1H3,(H,24,28). The van der Waals surface area contributed by atoms with Gasteiger partial charge in [0, 0.05) is 22.3 Å². The maximum atomic E-state index is 12.6. The summed E-state index contributed by atoms with van der Waals surface area (Å²) < 4.78 is 6.65. The van der Waals surface area contributed by atoms with Crippen molar-refractivity contribution in [2.75, 3.05) is 5.32 Å². The van der Waals surface area contributed by atoms with Crippen LogP contribution in [0.25, 0.3) is 23.0 Å².